The van der Waals surface area contributed by atoms with Crippen LogP contribution in [0.2, 0.25) is 0 Å². The van der Waals surface area contributed by atoms with Crippen molar-refractivity contribution in [1.29, 1.82) is 0 Å². The van der Waals surface area contributed by atoms with E-state index >= 15 is 0 Å². The van der Waals surface area contributed by atoms with E-state index in [0.717, 1.165) is 17.8 Å². The van der Waals surface area contributed by atoms with Gasteiger partial charge in [0.1, 0.15) is 0 Å². The molecule has 3 atom stereocenters. The molecule has 0 fully saturated rings. The second-order valence-electron chi connectivity index (χ2n) is 5.89. The first-order valence-corrected chi connectivity index (χ1v) is 7.61. The molecule has 0 rings (SSSR count). The fourth-order valence-corrected chi connectivity index (χ4v) is 2.34. The molecule has 0 heterocycles. The lowest BCUT2D eigenvalue weighted by Gasteiger charge is -2.18. The van der Waals surface area contributed by atoms with Gasteiger partial charge in [-0.05, 0) is 17.8 Å². The van der Waals surface area contributed by atoms with Crippen LogP contribution in [-0.2, 0) is 0 Å². The number of hydrogen-bond acceptors (Lipinski definition) is 0. The minimum atomic E-state index is 0.914. The van der Waals surface area contributed by atoms with Crippen LogP contribution < -0.4 is 0 Å². The molecule has 0 heteroatoms. The third-order valence-corrected chi connectivity index (χ3v) is 4.27. The molecule has 0 nitrogen and oxygen atoms in total. The molecule has 0 aromatic carbocycles. The van der Waals surface area contributed by atoms with E-state index in [0.29, 0.717) is 0 Å². The van der Waals surface area contributed by atoms with Crippen LogP contribution in [0.3, 0.4) is 0 Å². The summed E-state index contributed by atoms with van der Waals surface area (Å²) in [6.07, 6.45) is 11.3. The average molecular weight is 226 g/mol. The maximum atomic E-state index is 2.43. The van der Waals surface area contributed by atoms with E-state index in [1.165, 1.54) is 51.4 Å². The highest BCUT2D eigenvalue weighted by Crippen LogP contribution is 2.22. The van der Waals surface area contributed by atoms with Crippen LogP contribution in [0.5, 0.6) is 0 Å². The van der Waals surface area contributed by atoms with Crippen molar-refractivity contribution in [2.24, 2.45) is 17.8 Å². The van der Waals surface area contributed by atoms with E-state index in [4.69, 9.17) is 0 Å². The Hall–Kier alpha value is 0. The largest absolute Gasteiger partial charge is 0.0654 e. The normalized spacial score (nSPS) is 17.1. The molecule has 0 aliphatic carbocycles. The molecule has 0 spiro atoms. The SMILES string of the molecule is CCCCC(C)CCCCC(C)C(C)CC. The van der Waals surface area contributed by atoms with Crippen LogP contribution >= 0.6 is 0 Å². The molecule has 3 unspecified atom stereocenters. The lowest BCUT2D eigenvalue weighted by atomic mass is 9.88. The number of hydrogen-bond donors (Lipinski definition) is 0. The first kappa shape index (κ1) is 16.0. The Bertz CT molecular complexity index is 139. The van der Waals surface area contributed by atoms with Crippen molar-refractivity contribution in [2.45, 2.75) is 86.0 Å². The molecule has 0 bridgehead atoms. The highest BCUT2D eigenvalue weighted by molar-refractivity contribution is 4.61. The summed E-state index contributed by atoms with van der Waals surface area (Å²) in [6.45, 7) is 11.9. The standard InChI is InChI=1S/C16H34/c1-6-8-11-14(3)12-9-10-13-16(5)15(4)7-2/h14-16H,6-13H2,1-5H3. The molecule has 0 radical (unpaired) electrons. The minimum Gasteiger partial charge on any atom is -0.0654 e. The Morgan fingerprint density at radius 2 is 1.25 bits per heavy atom. The molecule has 0 saturated carbocycles. The second kappa shape index (κ2) is 10.2. The Labute approximate surface area is 104 Å². The van der Waals surface area contributed by atoms with Gasteiger partial charge >= 0.3 is 0 Å². The predicted molar refractivity (Wildman–Crippen MR) is 75.8 cm³/mol. The van der Waals surface area contributed by atoms with Crippen molar-refractivity contribution < 1.29 is 0 Å². The maximum absolute atomic E-state index is 2.43. The fourth-order valence-electron chi connectivity index (χ4n) is 2.34. The van der Waals surface area contributed by atoms with Crippen LogP contribution in [0.4, 0.5) is 0 Å². The summed E-state index contributed by atoms with van der Waals surface area (Å²) in [7, 11) is 0. The summed E-state index contributed by atoms with van der Waals surface area (Å²) in [6, 6.07) is 0. The molecule has 0 aromatic heterocycles. The van der Waals surface area contributed by atoms with Gasteiger partial charge in [0.05, 0.1) is 0 Å². The minimum absolute atomic E-state index is 0.914. The van der Waals surface area contributed by atoms with E-state index in [1.54, 1.807) is 0 Å². The third-order valence-electron chi connectivity index (χ3n) is 4.27. The summed E-state index contributed by atoms with van der Waals surface area (Å²) in [5.74, 6) is 2.80. The van der Waals surface area contributed by atoms with Gasteiger partial charge in [-0.1, -0.05) is 86.0 Å². The zero-order chi connectivity index (χ0) is 12.4. The van der Waals surface area contributed by atoms with Gasteiger partial charge in [-0.25, -0.2) is 0 Å². The summed E-state index contributed by atoms with van der Waals surface area (Å²) >= 11 is 0. The van der Waals surface area contributed by atoms with E-state index in [1.807, 2.05) is 0 Å². The molecule has 98 valence electrons. The summed E-state index contributed by atoms with van der Waals surface area (Å²) in [5, 5.41) is 0. The number of rotatable bonds is 10. The van der Waals surface area contributed by atoms with Gasteiger partial charge in [-0.2, -0.15) is 0 Å². The highest BCUT2D eigenvalue weighted by atomic mass is 14.2. The van der Waals surface area contributed by atoms with Gasteiger partial charge in [-0.3, -0.25) is 0 Å². The first-order chi connectivity index (χ1) is 7.61. The van der Waals surface area contributed by atoms with Crippen molar-refractivity contribution in [3.8, 4) is 0 Å². The fraction of sp³-hybridized carbons (Fsp3) is 1.00. The van der Waals surface area contributed by atoms with E-state index in [9.17, 15) is 0 Å². The molecular formula is C16H34. The molecule has 0 aliphatic rings. The summed E-state index contributed by atoms with van der Waals surface area (Å²) in [5.41, 5.74) is 0. The van der Waals surface area contributed by atoms with Gasteiger partial charge in [0.25, 0.3) is 0 Å². The number of unbranched alkanes of at least 4 members (excludes halogenated alkanes) is 2. The Balaban J connectivity index is 3.38. The van der Waals surface area contributed by atoms with Crippen molar-refractivity contribution >= 4 is 0 Å². The Morgan fingerprint density at radius 1 is 0.688 bits per heavy atom. The van der Waals surface area contributed by atoms with Gasteiger partial charge < -0.3 is 0 Å². The smallest absolute Gasteiger partial charge is 0.0417 e. The highest BCUT2D eigenvalue weighted by Gasteiger charge is 2.09. The van der Waals surface area contributed by atoms with E-state index < -0.39 is 0 Å². The van der Waals surface area contributed by atoms with Crippen molar-refractivity contribution in [3.63, 3.8) is 0 Å². The average Bonchev–Trinajstić information content (AvgIpc) is 2.30. The molecule has 16 heavy (non-hydrogen) atoms. The van der Waals surface area contributed by atoms with Crippen molar-refractivity contribution in [2.75, 3.05) is 0 Å². The van der Waals surface area contributed by atoms with E-state index in [-0.39, 0.29) is 0 Å². The summed E-state index contributed by atoms with van der Waals surface area (Å²) in [4.78, 5) is 0. The maximum Gasteiger partial charge on any atom is -0.0417 e. The first-order valence-electron chi connectivity index (χ1n) is 7.61. The molecule has 0 saturated heterocycles. The molecule has 0 amide bonds. The van der Waals surface area contributed by atoms with Crippen LogP contribution in [-0.4, -0.2) is 0 Å². The topological polar surface area (TPSA) is 0 Å². The third kappa shape index (κ3) is 8.19. The van der Waals surface area contributed by atoms with Crippen LogP contribution in [0.25, 0.3) is 0 Å². The van der Waals surface area contributed by atoms with E-state index in [2.05, 4.69) is 34.6 Å². The predicted octanol–water partition coefficient (Wildman–Crippen LogP) is 6.06. The molecular weight excluding hydrogens is 192 g/mol. The lowest BCUT2D eigenvalue weighted by molar-refractivity contribution is 0.335. The van der Waals surface area contributed by atoms with Gasteiger partial charge in [0.15, 0.2) is 0 Å². The Morgan fingerprint density at radius 3 is 1.81 bits per heavy atom. The van der Waals surface area contributed by atoms with Crippen molar-refractivity contribution in [3.05, 3.63) is 0 Å². The second-order valence-corrected chi connectivity index (χ2v) is 5.89. The zero-order valence-corrected chi connectivity index (χ0v) is 12.4. The molecule has 0 N–H and O–H groups in total. The van der Waals surface area contributed by atoms with Gasteiger partial charge in [0.2, 0.25) is 0 Å². The monoisotopic (exact) mass is 226 g/mol. The van der Waals surface area contributed by atoms with Crippen LogP contribution in [0, 0.1) is 17.8 Å². The summed E-state index contributed by atoms with van der Waals surface area (Å²) < 4.78 is 0. The Kier molecular flexibility index (Phi) is 10.2. The van der Waals surface area contributed by atoms with Crippen LogP contribution in [0.1, 0.15) is 86.0 Å². The molecule has 0 aromatic rings. The quantitative estimate of drug-likeness (QED) is 0.397. The van der Waals surface area contributed by atoms with Gasteiger partial charge in [-0.15, -0.1) is 0 Å². The van der Waals surface area contributed by atoms with Crippen molar-refractivity contribution in [1.82, 2.24) is 0 Å². The van der Waals surface area contributed by atoms with Gasteiger partial charge in [0, 0.05) is 0 Å². The lowest BCUT2D eigenvalue weighted by Crippen LogP contribution is -2.06. The zero-order valence-electron chi connectivity index (χ0n) is 12.4. The van der Waals surface area contributed by atoms with Crippen LogP contribution in [0.15, 0.2) is 0 Å². The molecule has 0 aliphatic heterocycles.